The summed E-state index contributed by atoms with van der Waals surface area (Å²) in [6.45, 7) is 0. The maximum absolute atomic E-state index is 6.39. The van der Waals surface area contributed by atoms with Gasteiger partial charge < -0.3 is 0 Å². The molecule has 0 aliphatic heterocycles. The molecule has 5 aromatic rings. The Morgan fingerprint density at radius 3 is 2.59 bits per heavy atom. The first-order chi connectivity index (χ1) is 13.3. The van der Waals surface area contributed by atoms with Crippen LogP contribution < -0.4 is 0 Å². The Morgan fingerprint density at radius 2 is 1.78 bits per heavy atom. The van der Waals surface area contributed by atoms with Crippen LogP contribution in [-0.2, 0) is 0 Å². The molecule has 27 heavy (non-hydrogen) atoms. The molecule has 5 rings (SSSR count). The molecule has 0 atom stereocenters. The highest BCUT2D eigenvalue weighted by Crippen LogP contribution is 2.39. The van der Waals surface area contributed by atoms with Crippen LogP contribution in [0.25, 0.3) is 41.9 Å². The Hall–Kier alpha value is -2.74. The van der Waals surface area contributed by atoms with Crippen molar-refractivity contribution in [3.8, 4) is 31.7 Å². The first-order valence-electron chi connectivity index (χ1n) is 8.02. The summed E-state index contributed by atoms with van der Waals surface area (Å²) in [4.78, 5) is 24.6. The van der Waals surface area contributed by atoms with Gasteiger partial charge in [0.25, 0.3) is 0 Å². The summed E-state index contributed by atoms with van der Waals surface area (Å²) < 4.78 is 0. The lowest BCUT2D eigenvalue weighted by Crippen LogP contribution is -1.80. The molecule has 0 spiro atoms. The Kier molecular flexibility index (Phi) is 4.12. The van der Waals surface area contributed by atoms with E-state index in [9.17, 15) is 0 Å². The van der Waals surface area contributed by atoms with E-state index in [1.54, 1.807) is 29.9 Å². The quantitative estimate of drug-likeness (QED) is 0.390. The zero-order chi connectivity index (χ0) is 18.2. The van der Waals surface area contributed by atoms with Crippen LogP contribution in [0.1, 0.15) is 0 Å². The second kappa shape index (κ2) is 6.77. The van der Waals surface area contributed by atoms with Crippen LogP contribution in [0, 0.1) is 0 Å². The van der Waals surface area contributed by atoms with Crippen LogP contribution in [0.4, 0.5) is 0 Å². The fourth-order valence-electron chi connectivity index (χ4n) is 2.67. The molecule has 0 amide bonds. The van der Waals surface area contributed by atoms with Crippen molar-refractivity contribution < 1.29 is 0 Å². The normalized spacial score (nSPS) is 11.1. The van der Waals surface area contributed by atoms with E-state index in [0.29, 0.717) is 5.15 Å². The van der Waals surface area contributed by atoms with E-state index in [2.05, 4.69) is 32.1 Å². The summed E-state index contributed by atoms with van der Waals surface area (Å²) in [7, 11) is 0. The summed E-state index contributed by atoms with van der Waals surface area (Å²) in [6.07, 6.45) is 6.73. The fourth-order valence-corrected chi connectivity index (χ4v) is 4.93. The number of pyridine rings is 2. The number of thiazole rings is 1. The van der Waals surface area contributed by atoms with Crippen LogP contribution in [0.2, 0.25) is 5.15 Å². The van der Waals surface area contributed by atoms with Gasteiger partial charge in [0.15, 0.2) is 0 Å². The largest absolute Gasteiger partial charge is 0.255 e. The van der Waals surface area contributed by atoms with Crippen molar-refractivity contribution in [1.82, 2.24) is 24.9 Å². The number of halogens is 1. The third-order valence-electron chi connectivity index (χ3n) is 3.93. The Labute approximate surface area is 167 Å². The third kappa shape index (κ3) is 3.10. The summed E-state index contributed by atoms with van der Waals surface area (Å²) in [5.41, 5.74) is 2.59. The van der Waals surface area contributed by atoms with E-state index in [0.717, 1.165) is 41.9 Å². The SMILES string of the molecule is Clc1nc(-c2cncnc2)sc1-c1ccc2cc(-c3ccccn3)sc2n1. The van der Waals surface area contributed by atoms with Gasteiger partial charge in [0, 0.05) is 29.5 Å². The fraction of sp³-hybridized carbons (Fsp3) is 0. The number of aromatic nitrogens is 5. The molecule has 0 aliphatic carbocycles. The van der Waals surface area contributed by atoms with Gasteiger partial charge in [-0.3, -0.25) is 4.98 Å². The van der Waals surface area contributed by atoms with Crippen LogP contribution in [-0.4, -0.2) is 24.9 Å². The van der Waals surface area contributed by atoms with Crippen LogP contribution >= 0.6 is 34.3 Å². The van der Waals surface area contributed by atoms with E-state index < -0.39 is 0 Å². The molecule has 130 valence electrons. The molecule has 0 aliphatic rings. The Bertz CT molecular complexity index is 1240. The first kappa shape index (κ1) is 16.4. The zero-order valence-corrected chi connectivity index (χ0v) is 16.1. The molecule has 0 saturated heterocycles. The van der Waals surface area contributed by atoms with E-state index in [4.69, 9.17) is 16.6 Å². The predicted molar refractivity (Wildman–Crippen MR) is 110 cm³/mol. The maximum atomic E-state index is 6.39. The first-order valence-corrected chi connectivity index (χ1v) is 10.0. The molecule has 0 radical (unpaired) electrons. The van der Waals surface area contributed by atoms with Crippen LogP contribution in [0.5, 0.6) is 0 Å². The second-order valence-electron chi connectivity index (χ2n) is 5.68. The van der Waals surface area contributed by atoms with Gasteiger partial charge in [-0.2, -0.15) is 0 Å². The minimum atomic E-state index is 0.437. The Balaban J connectivity index is 1.57. The lowest BCUT2D eigenvalue weighted by molar-refractivity contribution is 1.17. The summed E-state index contributed by atoms with van der Waals surface area (Å²) in [6, 6.07) is 12.0. The van der Waals surface area contributed by atoms with Crippen molar-refractivity contribution in [1.29, 1.82) is 0 Å². The van der Waals surface area contributed by atoms with Crippen molar-refractivity contribution in [2.24, 2.45) is 0 Å². The van der Waals surface area contributed by atoms with Gasteiger partial charge in [-0.25, -0.2) is 19.9 Å². The highest BCUT2D eigenvalue weighted by atomic mass is 35.5. The summed E-state index contributed by atoms with van der Waals surface area (Å²) in [5.74, 6) is 0. The molecular formula is C19H10ClN5S2. The molecule has 0 N–H and O–H groups in total. The van der Waals surface area contributed by atoms with Crippen molar-refractivity contribution in [2.75, 3.05) is 0 Å². The van der Waals surface area contributed by atoms with E-state index in [1.165, 1.54) is 17.7 Å². The molecular weight excluding hydrogens is 398 g/mol. The van der Waals surface area contributed by atoms with Gasteiger partial charge in [-0.05, 0) is 30.3 Å². The molecule has 5 aromatic heterocycles. The molecule has 8 heteroatoms. The molecule has 5 heterocycles. The minimum absolute atomic E-state index is 0.437. The van der Waals surface area contributed by atoms with Gasteiger partial charge in [0.1, 0.15) is 21.3 Å². The zero-order valence-electron chi connectivity index (χ0n) is 13.7. The monoisotopic (exact) mass is 407 g/mol. The lowest BCUT2D eigenvalue weighted by Gasteiger charge is -1.97. The van der Waals surface area contributed by atoms with Gasteiger partial charge >= 0.3 is 0 Å². The number of fused-ring (bicyclic) bond motifs is 1. The smallest absolute Gasteiger partial charge is 0.150 e. The van der Waals surface area contributed by atoms with Gasteiger partial charge in [0.05, 0.1) is 21.1 Å². The van der Waals surface area contributed by atoms with Crippen molar-refractivity contribution in [3.63, 3.8) is 0 Å². The number of hydrogen-bond donors (Lipinski definition) is 0. The maximum Gasteiger partial charge on any atom is 0.150 e. The molecule has 0 bridgehead atoms. The van der Waals surface area contributed by atoms with E-state index in [1.807, 2.05) is 24.3 Å². The topological polar surface area (TPSA) is 64.5 Å². The number of nitrogens with zero attached hydrogens (tertiary/aromatic N) is 5. The second-order valence-corrected chi connectivity index (χ2v) is 8.07. The number of rotatable bonds is 3. The molecule has 5 nitrogen and oxygen atoms in total. The van der Waals surface area contributed by atoms with E-state index >= 15 is 0 Å². The number of hydrogen-bond acceptors (Lipinski definition) is 7. The Morgan fingerprint density at radius 1 is 0.889 bits per heavy atom. The third-order valence-corrected chi connectivity index (χ3v) is 6.51. The van der Waals surface area contributed by atoms with Crippen LogP contribution in [0.15, 0.2) is 61.3 Å². The summed E-state index contributed by atoms with van der Waals surface area (Å²) >= 11 is 9.49. The highest BCUT2D eigenvalue weighted by molar-refractivity contribution is 7.22. The molecule has 0 fully saturated rings. The number of thiophene rings is 1. The van der Waals surface area contributed by atoms with Crippen molar-refractivity contribution >= 4 is 44.5 Å². The van der Waals surface area contributed by atoms with Crippen molar-refractivity contribution in [2.45, 2.75) is 0 Å². The lowest BCUT2D eigenvalue weighted by atomic mass is 10.2. The summed E-state index contributed by atoms with van der Waals surface area (Å²) in [5, 5.41) is 2.30. The van der Waals surface area contributed by atoms with E-state index in [-0.39, 0.29) is 0 Å². The minimum Gasteiger partial charge on any atom is -0.255 e. The van der Waals surface area contributed by atoms with Gasteiger partial charge in [-0.1, -0.05) is 17.7 Å². The molecule has 0 saturated carbocycles. The molecule has 0 aromatic carbocycles. The highest BCUT2D eigenvalue weighted by Gasteiger charge is 2.15. The standard InChI is InChI=1S/C19H10ClN5S2/c20-17-16(27-19(25-17)12-8-21-10-22-9-12)14-5-4-11-7-15(26-18(11)24-14)13-3-1-2-6-23-13/h1-10H. The van der Waals surface area contributed by atoms with Crippen molar-refractivity contribution in [3.05, 3.63) is 66.5 Å². The van der Waals surface area contributed by atoms with Crippen LogP contribution in [0.3, 0.4) is 0 Å². The molecule has 0 unspecified atom stereocenters. The van der Waals surface area contributed by atoms with Gasteiger partial charge in [0.2, 0.25) is 0 Å². The average molecular weight is 408 g/mol. The average Bonchev–Trinajstić information content (AvgIpc) is 3.32. The van der Waals surface area contributed by atoms with Gasteiger partial charge in [-0.15, -0.1) is 22.7 Å². The predicted octanol–water partition coefficient (Wildman–Crippen LogP) is 5.59.